The third-order valence-electron chi connectivity index (χ3n) is 3.78. The summed E-state index contributed by atoms with van der Waals surface area (Å²) in [5.41, 5.74) is 0.177. The molecule has 0 radical (unpaired) electrons. The van der Waals surface area contributed by atoms with Crippen LogP contribution in [0.25, 0.3) is 0 Å². The van der Waals surface area contributed by atoms with Crippen molar-refractivity contribution in [1.29, 1.82) is 0 Å². The molecule has 0 spiro atoms. The van der Waals surface area contributed by atoms with E-state index in [1.807, 2.05) is 6.07 Å². The maximum Gasteiger partial charge on any atom is 0.257 e. The van der Waals surface area contributed by atoms with E-state index in [0.29, 0.717) is 17.3 Å². The first-order valence-electron chi connectivity index (χ1n) is 7.04. The van der Waals surface area contributed by atoms with Crippen LogP contribution in [0.5, 0.6) is 5.75 Å². The number of ether oxygens (including phenoxy) is 1. The van der Waals surface area contributed by atoms with Gasteiger partial charge in [0.2, 0.25) is 0 Å². The highest BCUT2D eigenvalue weighted by molar-refractivity contribution is 9.10. The number of amides is 1. The second kappa shape index (κ2) is 7.47. The Balaban J connectivity index is 1.77. The van der Waals surface area contributed by atoms with Gasteiger partial charge in [-0.3, -0.25) is 4.79 Å². The molecule has 0 aliphatic carbocycles. The fourth-order valence-corrected chi connectivity index (χ4v) is 3.03. The standard InChI is InChI=1S/C15H20BrClN2O2/c1-15(4-6-18-7-5-15)10-19-14(20)9-21-13-3-2-11(16)8-12(13)17/h2-3,8,18H,4-7,9-10H2,1H3,(H,19,20). The Labute approximate surface area is 138 Å². The zero-order valence-corrected chi connectivity index (χ0v) is 14.4. The van der Waals surface area contributed by atoms with Gasteiger partial charge in [0.25, 0.3) is 5.91 Å². The molecule has 21 heavy (non-hydrogen) atoms. The van der Waals surface area contributed by atoms with Crippen LogP contribution in [0, 0.1) is 5.41 Å². The summed E-state index contributed by atoms with van der Waals surface area (Å²) in [6.07, 6.45) is 2.15. The number of hydrogen-bond acceptors (Lipinski definition) is 3. The lowest BCUT2D eigenvalue weighted by molar-refractivity contribution is -0.123. The largest absolute Gasteiger partial charge is 0.482 e. The Morgan fingerprint density at radius 3 is 2.86 bits per heavy atom. The summed E-state index contributed by atoms with van der Waals surface area (Å²) in [7, 11) is 0. The lowest BCUT2D eigenvalue weighted by atomic mass is 9.81. The van der Waals surface area contributed by atoms with Crippen molar-refractivity contribution in [3.8, 4) is 5.75 Å². The summed E-state index contributed by atoms with van der Waals surface area (Å²) in [4.78, 5) is 11.9. The summed E-state index contributed by atoms with van der Waals surface area (Å²) in [6.45, 7) is 4.90. The van der Waals surface area contributed by atoms with Gasteiger partial charge in [-0.05, 0) is 49.5 Å². The van der Waals surface area contributed by atoms with Crippen LogP contribution < -0.4 is 15.4 Å². The molecule has 1 saturated heterocycles. The summed E-state index contributed by atoms with van der Waals surface area (Å²) in [5.74, 6) is 0.400. The number of hydrogen-bond donors (Lipinski definition) is 2. The highest BCUT2D eigenvalue weighted by atomic mass is 79.9. The molecule has 1 aromatic rings. The van der Waals surface area contributed by atoms with E-state index in [2.05, 4.69) is 33.5 Å². The number of carbonyl (C=O) groups is 1. The molecule has 0 atom stereocenters. The quantitative estimate of drug-likeness (QED) is 0.832. The van der Waals surface area contributed by atoms with Crippen LogP contribution in [0.2, 0.25) is 5.02 Å². The molecule has 0 saturated carbocycles. The summed E-state index contributed by atoms with van der Waals surface area (Å²) in [5, 5.41) is 6.77. The maximum atomic E-state index is 11.9. The van der Waals surface area contributed by atoms with Crippen molar-refractivity contribution in [3.63, 3.8) is 0 Å². The van der Waals surface area contributed by atoms with Crippen LogP contribution in [-0.4, -0.2) is 32.1 Å². The minimum atomic E-state index is -0.117. The Kier molecular flexibility index (Phi) is 5.90. The lowest BCUT2D eigenvalue weighted by Gasteiger charge is -2.34. The number of nitrogens with one attached hydrogen (secondary N) is 2. The smallest absolute Gasteiger partial charge is 0.257 e. The van der Waals surface area contributed by atoms with Crippen molar-refractivity contribution < 1.29 is 9.53 Å². The van der Waals surface area contributed by atoms with Crippen molar-refractivity contribution in [2.75, 3.05) is 26.2 Å². The van der Waals surface area contributed by atoms with Gasteiger partial charge < -0.3 is 15.4 Å². The molecule has 1 fully saturated rings. The minimum Gasteiger partial charge on any atom is -0.482 e. The molecule has 6 heteroatoms. The number of benzene rings is 1. The Morgan fingerprint density at radius 1 is 1.48 bits per heavy atom. The summed E-state index contributed by atoms with van der Waals surface area (Å²) in [6, 6.07) is 5.31. The second-order valence-electron chi connectivity index (χ2n) is 5.70. The molecule has 1 aliphatic rings. The fraction of sp³-hybridized carbons (Fsp3) is 0.533. The van der Waals surface area contributed by atoms with Crippen LogP contribution >= 0.6 is 27.5 Å². The van der Waals surface area contributed by atoms with Crippen LogP contribution in [0.4, 0.5) is 0 Å². The van der Waals surface area contributed by atoms with Crippen molar-refractivity contribution in [2.24, 2.45) is 5.41 Å². The fourth-order valence-electron chi connectivity index (χ4n) is 2.31. The Bertz CT molecular complexity index is 504. The minimum absolute atomic E-state index is 0.0182. The first-order valence-corrected chi connectivity index (χ1v) is 8.21. The normalized spacial score (nSPS) is 17.3. The molecule has 1 aromatic carbocycles. The van der Waals surface area contributed by atoms with E-state index in [-0.39, 0.29) is 17.9 Å². The Morgan fingerprint density at radius 2 is 2.19 bits per heavy atom. The van der Waals surface area contributed by atoms with E-state index in [1.54, 1.807) is 12.1 Å². The van der Waals surface area contributed by atoms with Gasteiger partial charge in [-0.1, -0.05) is 34.5 Å². The van der Waals surface area contributed by atoms with Gasteiger partial charge in [0.05, 0.1) is 5.02 Å². The summed E-state index contributed by atoms with van der Waals surface area (Å²) >= 11 is 9.37. The third kappa shape index (κ3) is 5.16. The van der Waals surface area contributed by atoms with Crippen LogP contribution in [0.1, 0.15) is 19.8 Å². The second-order valence-corrected chi connectivity index (χ2v) is 7.02. The monoisotopic (exact) mass is 374 g/mol. The van der Waals surface area contributed by atoms with Crippen molar-refractivity contribution >= 4 is 33.4 Å². The van der Waals surface area contributed by atoms with Gasteiger partial charge >= 0.3 is 0 Å². The first-order chi connectivity index (χ1) is 9.98. The van der Waals surface area contributed by atoms with Crippen molar-refractivity contribution in [1.82, 2.24) is 10.6 Å². The third-order valence-corrected chi connectivity index (χ3v) is 4.56. The molecule has 2 N–H and O–H groups in total. The Hall–Kier alpha value is -0.780. The van der Waals surface area contributed by atoms with E-state index in [9.17, 15) is 4.79 Å². The van der Waals surface area contributed by atoms with Crippen molar-refractivity contribution in [2.45, 2.75) is 19.8 Å². The molecular weight excluding hydrogens is 356 g/mol. The van der Waals surface area contributed by atoms with E-state index in [0.717, 1.165) is 30.4 Å². The average molecular weight is 376 g/mol. The predicted molar refractivity (Wildman–Crippen MR) is 87.9 cm³/mol. The molecule has 0 bridgehead atoms. The topological polar surface area (TPSA) is 50.4 Å². The van der Waals surface area contributed by atoms with E-state index in [1.165, 1.54) is 0 Å². The molecule has 4 nitrogen and oxygen atoms in total. The zero-order valence-electron chi connectivity index (χ0n) is 12.0. The number of piperidine rings is 1. The van der Waals surface area contributed by atoms with Gasteiger partial charge in [-0.15, -0.1) is 0 Å². The number of carbonyl (C=O) groups excluding carboxylic acids is 1. The molecule has 116 valence electrons. The number of halogens is 2. The maximum absolute atomic E-state index is 11.9. The van der Waals surface area contributed by atoms with Crippen molar-refractivity contribution in [3.05, 3.63) is 27.7 Å². The highest BCUT2D eigenvalue weighted by Gasteiger charge is 2.26. The molecule has 2 rings (SSSR count). The summed E-state index contributed by atoms with van der Waals surface area (Å²) < 4.78 is 6.33. The zero-order chi connectivity index (χ0) is 15.3. The van der Waals surface area contributed by atoms with Crippen LogP contribution in [0.3, 0.4) is 0 Å². The average Bonchev–Trinajstić information content (AvgIpc) is 2.45. The highest BCUT2D eigenvalue weighted by Crippen LogP contribution is 2.28. The van der Waals surface area contributed by atoms with Gasteiger partial charge in [0.1, 0.15) is 5.75 Å². The van der Waals surface area contributed by atoms with Crippen LogP contribution in [0.15, 0.2) is 22.7 Å². The van der Waals surface area contributed by atoms with Gasteiger partial charge in [0, 0.05) is 11.0 Å². The molecule has 1 amide bonds. The molecule has 0 unspecified atom stereocenters. The first kappa shape index (κ1) is 16.6. The van der Waals surface area contributed by atoms with Gasteiger partial charge in [-0.2, -0.15) is 0 Å². The molecule has 1 aliphatic heterocycles. The van der Waals surface area contributed by atoms with Crippen LogP contribution in [-0.2, 0) is 4.79 Å². The van der Waals surface area contributed by atoms with E-state index >= 15 is 0 Å². The molecule has 0 aromatic heterocycles. The predicted octanol–water partition coefficient (Wildman–Crippen LogP) is 2.99. The van der Waals surface area contributed by atoms with E-state index < -0.39 is 0 Å². The molecular formula is C15H20BrClN2O2. The van der Waals surface area contributed by atoms with E-state index in [4.69, 9.17) is 16.3 Å². The SMILES string of the molecule is CC1(CNC(=O)COc2ccc(Br)cc2Cl)CCNCC1. The molecule has 1 heterocycles. The van der Waals surface area contributed by atoms with Gasteiger partial charge in [-0.25, -0.2) is 0 Å². The lowest BCUT2D eigenvalue weighted by Crippen LogP contribution is -2.43. The number of rotatable bonds is 5. The van der Waals surface area contributed by atoms with Gasteiger partial charge in [0.15, 0.2) is 6.61 Å².